The van der Waals surface area contributed by atoms with Crippen LogP contribution in [-0.2, 0) is 9.59 Å². The number of anilines is 1. The van der Waals surface area contributed by atoms with Crippen LogP contribution < -0.4 is 10.6 Å². The first-order valence-corrected chi connectivity index (χ1v) is 6.17. The Balaban J connectivity index is 2.61. The van der Waals surface area contributed by atoms with Crippen molar-refractivity contribution in [3.8, 4) is 0 Å². The largest absolute Gasteiger partial charge is 0.345 e. The van der Waals surface area contributed by atoms with Crippen molar-refractivity contribution in [2.75, 3.05) is 5.32 Å². The van der Waals surface area contributed by atoms with Gasteiger partial charge in [-0.25, -0.2) is 0 Å². The van der Waals surface area contributed by atoms with Crippen LogP contribution in [0.2, 0.25) is 0 Å². The number of amides is 2. The zero-order valence-electron chi connectivity index (χ0n) is 11.3. The quantitative estimate of drug-likeness (QED) is 0.641. The molecule has 5 nitrogen and oxygen atoms in total. The average molecular weight is 262 g/mol. The number of carbonyl (C=O) groups excluding carboxylic acids is 3. The van der Waals surface area contributed by atoms with Gasteiger partial charge in [-0.2, -0.15) is 0 Å². The van der Waals surface area contributed by atoms with Gasteiger partial charge in [-0.05, 0) is 44.5 Å². The smallest absolute Gasteiger partial charge is 0.313 e. The molecule has 0 aliphatic rings. The molecule has 5 heteroatoms. The van der Waals surface area contributed by atoms with E-state index in [4.69, 9.17) is 0 Å². The summed E-state index contributed by atoms with van der Waals surface area (Å²) in [6.45, 7) is 5.21. The van der Waals surface area contributed by atoms with E-state index in [2.05, 4.69) is 10.6 Å². The summed E-state index contributed by atoms with van der Waals surface area (Å²) in [5, 5.41) is 5.05. The van der Waals surface area contributed by atoms with E-state index < -0.39 is 11.8 Å². The molecule has 0 spiro atoms. The molecule has 2 amide bonds. The van der Waals surface area contributed by atoms with Gasteiger partial charge in [0.2, 0.25) is 0 Å². The van der Waals surface area contributed by atoms with Gasteiger partial charge in [-0.15, -0.1) is 0 Å². The molecule has 0 aliphatic heterocycles. The second kappa shape index (κ2) is 6.68. The first kappa shape index (κ1) is 14.9. The molecule has 2 N–H and O–H groups in total. The molecular weight excluding hydrogens is 244 g/mol. The molecule has 0 bridgehead atoms. The predicted octanol–water partition coefficient (Wildman–Crippen LogP) is 1.74. The Bertz CT molecular complexity index is 480. The normalized spacial score (nSPS) is 11.5. The summed E-state index contributed by atoms with van der Waals surface area (Å²) in [5.74, 6) is -1.42. The molecule has 1 rings (SSSR count). The minimum atomic E-state index is -0.712. The minimum Gasteiger partial charge on any atom is -0.345 e. The van der Waals surface area contributed by atoms with Crippen molar-refractivity contribution in [1.82, 2.24) is 5.32 Å². The number of ketones is 1. The summed E-state index contributed by atoms with van der Waals surface area (Å²) in [4.78, 5) is 34.2. The van der Waals surface area contributed by atoms with Gasteiger partial charge in [0.25, 0.3) is 0 Å². The van der Waals surface area contributed by atoms with E-state index in [1.807, 2.05) is 13.8 Å². The standard InChI is InChI=1S/C14H18N2O3/c1-4-9(2)15-13(18)14(19)16-12-7-5-11(6-8-12)10(3)17/h5-9H,4H2,1-3H3,(H,15,18)(H,16,19). The van der Waals surface area contributed by atoms with E-state index >= 15 is 0 Å². The lowest BCUT2D eigenvalue weighted by Crippen LogP contribution is -2.40. The van der Waals surface area contributed by atoms with Crippen molar-refractivity contribution in [3.63, 3.8) is 0 Å². The third-order valence-electron chi connectivity index (χ3n) is 2.75. The van der Waals surface area contributed by atoms with Crippen molar-refractivity contribution in [1.29, 1.82) is 0 Å². The van der Waals surface area contributed by atoms with E-state index in [9.17, 15) is 14.4 Å². The van der Waals surface area contributed by atoms with Crippen molar-refractivity contribution >= 4 is 23.3 Å². The number of benzene rings is 1. The van der Waals surface area contributed by atoms with Crippen LogP contribution in [0.25, 0.3) is 0 Å². The van der Waals surface area contributed by atoms with Gasteiger partial charge < -0.3 is 10.6 Å². The molecule has 0 saturated carbocycles. The highest BCUT2D eigenvalue weighted by molar-refractivity contribution is 6.39. The molecule has 102 valence electrons. The fraction of sp³-hybridized carbons (Fsp3) is 0.357. The first-order valence-electron chi connectivity index (χ1n) is 6.17. The van der Waals surface area contributed by atoms with E-state index in [-0.39, 0.29) is 11.8 Å². The highest BCUT2D eigenvalue weighted by Crippen LogP contribution is 2.09. The Hall–Kier alpha value is -2.17. The van der Waals surface area contributed by atoms with Gasteiger partial charge in [-0.3, -0.25) is 14.4 Å². The maximum Gasteiger partial charge on any atom is 0.313 e. The Morgan fingerprint density at radius 3 is 2.16 bits per heavy atom. The summed E-state index contributed by atoms with van der Waals surface area (Å²) < 4.78 is 0. The number of hydrogen-bond donors (Lipinski definition) is 2. The molecule has 1 atom stereocenters. The number of Topliss-reactive ketones (excluding diaryl/α,β-unsaturated/α-hetero) is 1. The van der Waals surface area contributed by atoms with E-state index in [0.717, 1.165) is 6.42 Å². The predicted molar refractivity (Wildman–Crippen MR) is 73.0 cm³/mol. The molecule has 0 aliphatic carbocycles. The average Bonchev–Trinajstić information content (AvgIpc) is 2.38. The third-order valence-corrected chi connectivity index (χ3v) is 2.75. The van der Waals surface area contributed by atoms with Crippen LogP contribution in [0.1, 0.15) is 37.6 Å². The lowest BCUT2D eigenvalue weighted by Gasteiger charge is -2.11. The number of nitrogens with one attached hydrogen (secondary N) is 2. The van der Waals surface area contributed by atoms with Gasteiger partial charge in [0, 0.05) is 17.3 Å². The van der Waals surface area contributed by atoms with E-state index in [1.165, 1.54) is 6.92 Å². The lowest BCUT2D eigenvalue weighted by atomic mass is 10.1. The molecule has 0 radical (unpaired) electrons. The van der Waals surface area contributed by atoms with Crippen LogP contribution in [-0.4, -0.2) is 23.6 Å². The highest BCUT2D eigenvalue weighted by atomic mass is 16.2. The molecular formula is C14H18N2O3. The van der Waals surface area contributed by atoms with Crippen molar-refractivity contribution in [2.24, 2.45) is 0 Å². The van der Waals surface area contributed by atoms with Crippen molar-refractivity contribution < 1.29 is 14.4 Å². The Morgan fingerprint density at radius 1 is 1.11 bits per heavy atom. The molecule has 0 fully saturated rings. The highest BCUT2D eigenvalue weighted by Gasteiger charge is 2.15. The van der Waals surface area contributed by atoms with Crippen LogP contribution in [0.15, 0.2) is 24.3 Å². The molecule has 0 aromatic heterocycles. The van der Waals surface area contributed by atoms with Gasteiger partial charge >= 0.3 is 11.8 Å². The zero-order valence-corrected chi connectivity index (χ0v) is 11.3. The Kier molecular flexibility index (Phi) is 5.23. The van der Waals surface area contributed by atoms with Gasteiger partial charge in [-0.1, -0.05) is 6.92 Å². The van der Waals surface area contributed by atoms with Crippen molar-refractivity contribution in [3.05, 3.63) is 29.8 Å². The van der Waals surface area contributed by atoms with E-state index in [1.54, 1.807) is 24.3 Å². The summed E-state index contributed by atoms with van der Waals surface area (Å²) in [7, 11) is 0. The van der Waals surface area contributed by atoms with Gasteiger partial charge in [0.05, 0.1) is 0 Å². The second-order valence-corrected chi connectivity index (χ2v) is 4.37. The molecule has 1 aromatic rings. The lowest BCUT2D eigenvalue weighted by molar-refractivity contribution is -0.136. The van der Waals surface area contributed by atoms with E-state index in [0.29, 0.717) is 11.3 Å². The van der Waals surface area contributed by atoms with Crippen LogP contribution >= 0.6 is 0 Å². The Morgan fingerprint density at radius 2 is 1.68 bits per heavy atom. The molecule has 0 saturated heterocycles. The summed E-state index contributed by atoms with van der Waals surface area (Å²) >= 11 is 0. The van der Waals surface area contributed by atoms with Crippen LogP contribution in [0.4, 0.5) is 5.69 Å². The molecule has 1 aromatic carbocycles. The second-order valence-electron chi connectivity index (χ2n) is 4.37. The van der Waals surface area contributed by atoms with Gasteiger partial charge in [0.15, 0.2) is 5.78 Å². The minimum absolute atomic E-state index is 0.0432. The molecule has 0 heterocycles. The van der Waals surface area contributed by atoms with Gasteiger partial charge in [0.1, 0.15) is 0 Å². The third kappa shape index (κ3) is 4.54. The number of hydrogen-bond acceptors (Lipinski definition) is 3. The SMILES string of the molecule is CCC(C)NC(=O)C(=O)Nc1ccc(C(C)=O)cc1. The summed E-state index contributed by atoms with van der Waals surface area (Å²) in [5.41, 5.74) is 1.04. The summed E-state index contributed by atoms with van der Waals surface area (Å²) in [6.07, 6.45) is 0.756. The number of carbonyl (C=O) groups is 3. The maximum atomic E-state index is 11.6. The fourth-order valence-corrected chi connectivity index (χ4v) is 1.37. The Labute approximate surface area is 112 Å². The van der Waals surface area contributed by atoms with Crippen LogP contribution in [0.3, 0.4) is 0 Å². The topological polar surface area (TPSA) is 75.3 Å². The van der Waals surface area contributed by atoms with Crippen molar-refractivity contribution in [2.45, 2.75) is 33.2 Å². The molecule has 1 unspecified atom stereocenters. The van der Waals surface area contributed by atoms with Crippen LogP contribution in [0.5, 0.6) is 0 Å². The first-order chi connectivity index (χ1) is 8.93. The monoisotopic (exact) mass is 262 g/mol. The number of rotatable bonds is 4. The summed E-state index contributed by atoms with van der Waals surface area (Å²) in [6, 6.07) is 6.34. The zero-order chi connectivity index (χ0) is 14.4. The van der Waals surface area contributed by atoms with Crippen LogP contribution in [0, 0.1) is 0 Å². The fourth-order valence-electron chi connectivity index (χ4n) is 1.37. The molecule has 19 heavy (non-hydrogen) atoms. The maximum absolute atomic E-state index is 11.6.